The minimum Gasteiger partial charge on any atom is -0.444 e. The molecule has 3 heterocycles. The number of nitrogens with one attached hydrogen (secondary N) is 1. The van der Waals surface area contributed by atoms with Gasteiger partial charge in [-0.1, -0.05) is 0 Å². The Morgan fingerprint density at radius 2 is 1.54 bits per heavy atom. The number of aryl methyl sites for hydroxylation is 1. The second kappa shape index (κ2) is 9.58. The van der Waals surface area contributed by atoms with Gasteiger partial charge in [0, 0.05) is 31.6 Å². The van der Waals surface area contributed by atoms with Crippen molar-refractivity contribution in [3.05, 3.63) is 40.7 Å². The number of likely N-dealkylation sites (tertiary alicyclic amines) is 1. The largest absolute Gasteiger partial charge is 0.444 e. The molecule has 214 valence electrons. The van der Waals surface area contributed by atoms with Crippen LogP contribution in [0.4, 0.5) is 37.1 Å². The van der Waals surface area contributed by atoms with Gasteiger partial charge in [-0.05, 0) is 82.1 Å². The van der Waals surface area contributed by atoms with Crippen molar-refractivity contribution >= 4 is 12.0 Å². The lowest BCUT2D eigenvalue weighted by atomic mass is 9.88. The van der Waals surface area contributed by atoms with Crippen molar-refractivity contribution in [1.82, 2.24) is 19.7 Å². The Balaban J connectivity index is 1.37. The smallest absolute Gasteiger partial charge is 0.416 e. The van der Waals surface area contributed by atoms with Crippen LogP contribution in [0.25, 0.3) is 0 Å². The number of nitrogens with zero attached hydrogens (tertiary/aromatic N) is 4. The van der Waals surface area contributed by atoms with Gasteiger partial charge in [0.15, 0.2) is 0 Å². The Bertz CT molecular complexity index is 1190. The summed E-state index contributed by atoms with van der Waals surface area (Å²) in [5, 5.41) is 7.88. The quantitative estimate of drug-likeness (QED) is 0.447. The topological polar surface area (TPSA) is 72.3 Å². The third-order valence-electron chi connectivity index (χ3n) is 7.67. The monoisotopic (exact) mass is 559 g/mol. The van der Waals surface area contributed by atoms with Gasteiger partial charge in [-0.15, -0.1) is 5.10 Å². The fraction of sp³-hybridized carbons (Fsp3) is 0.654. The first-order valence-corrected chi connectivity index (χ1v) is 13.1. The summed E-state index contributed by atoms with van der Waals surface area (Å²) in [6.45, 7) is 6.95. The Kier molecular flexibility index (Phi) is 6.77. The van der Waals surface area contributed by atoms with E-state index in [2.05, 4.69) is 15.4 Å². The maximum Gasteiger partial charge on any atom is 0.416 e. The van der Waals surface area contributed by atoms with E-state index < -0.39 is 35.0 Å². The lowest BCUT2D eigenvalue weighted by Gasteiger charge is -2.38. The SMILES string of the molecule is CC(C)(C)OC(=O)N1CC2CC[C@@H](C1)[C@@H]2Nc1nc2n(n1)CCCC2c1cc(C(F)(F)F)cc(C(F)(F)F)c1. The van der Waals surface area contributed by atoms with Gasteiger partial charge in [-0.3, -0.25) is 0 Å². The second-order valence-electron chi connectivity index (χ2n) is 11.7. The minimum absolute atomic E-state index is 0.00280. The number of carbonyl (C=O) groups is 1. The number of hydrogen-bond acceptors (Lipinski definition) is 5. The molecular weight excluding hydrogens is 528 g/mol. The van der Waals surface area contributed by atoms with Gasteiger partial charge >= 0.3 is 18.4 Å². The van der Waals surface area contributed by atoms with Crippen LogP contribution in [0.3, 0.4) is 0 Å². The molecule has 1 saturated carbocycles. The van der Waals surface area contributed by atoms with Crippen molar-refractivity contribution in [2.45, 2.75) is 82.9 Å². The molecule has 0 radical (unpaired) electrons. The highest BCUT2D eigenvalue weighted by Crippen LogP contribution is 2.42. The zero-order valence-electron chi connectivity index (χ0n) is 21.9. The first-order valence-electron chi connectivity index (χ1n) is 13.1. The van der Waals surface area contributed by atoms with E-state index in [0.29, 0.717) is 44.2 Å². The van der Waals surface area contributed by atoms with Crippen LogP contribution in [0.1, 0.15) is 74.9 Å². The summed E-state index contributed by atoms with van der Waals surface area (Å²) in [6, 6.07) is 1.70. The summed E-state index contributed by atoms with van der Waals surface area (Å²) >= 11 is 0. The lowest BCUT2D eigenvalue weighted by molar-refractivity contribution is -0.143. The molecule has 0 spiro atoms. The molecule has 2 aromatic rings. The maximum atomic E-state index is 13.5. The number of benzene rings is 1. The van der Waals surface area contributed by atoms with Crippen molar-refractivity contribution in [2.24, 2.45) is 11.8 Å². The number of fused-ring (bicyclic) bond motifs is 3. The number of alkyl halides is 6. The van der Waals surface area contributed by atoms with Crippen LogP contribution in [-0.4, -0.2) is 50.5 Å². The van der Waals surface area contributed by atoms with Gasteiger partial charge in [0.2, 0.25) is 5.95 Å². The highest BCUT2D eigenvalue weighted by atomic mass is 19.4. The van der Waals surface area contributed by atoms with Crippen LogP contribution < -0.4 is 5.32 Å². The first-order chi connectivity index (χ1) is 18.1. The second-order valence-corrected chi connectivity index (χ2v) is 11.7. The van der Waals surface area contributed by atoms with Gasteiger partial charge in [0.05, 0.1) is 11.1 Å². The number of piperidine rings is 1. The van der Waals surface area contributed by atoms with Crippen LogP contribution in [-0.2, 0) is 23.6 Å². The molecule has 39 heavy (non-hydrogen) atoms. The number of hydrogen-bond donors (Lipinski definition) is 1. The molecule has 1 N–H and O–H groups in total. The minimum atomic E-state index is -4.92. The molecule has 7 nitrogen and oxygen atoms in total. The fourth-order valence-electron chi connectivity index (χ4n) is 5.99. The summed E-state index contributed by atoms with van der Waals surface area (Å²) in [4.78, 5) is 18.9. The Hall–Kier alpha value is -2.99. The van der Waals surface area contributed by atoms with E-state index in [1.165, 1.54) is 0 Å². The molecule has 2 aliphatic heterocycles. The van der Waals surface area contributed by atoms with Crippen LogP contribution in [0.5, 0.6) is 0 Å². The average molecular weight is 560 g/mol. The standard InChI is InChI=1S/C26H31F6N5O2/c1-24(2,3)39-23(38)36-12-14-6-7-15(13-36)20(14)33-22-34-21-19(5-4-8-37(21)35-22)16-9-17(25(27,28)29)11-18(10-16)26(30,31)32/h9-11,14-15,19-20H,4-8,12-13H2,1-3H3,(H,33,35)/t14-,15?,19?,20-/m0/s1. The molecule has 3 aliphatic rings. The van der Waals surface area contributed by atoms with Gasteiger partial charge in [-0.25, -0.2) is 9.48 Å². The molecule has 1 aromatic carbocycles. The summed E-state index contributed by atoms with van der Waals surface area (Å²) in [5.74, 6) is 0.175. The first kappa shape index (κ1) is 27.6. The lowest BCUT2D eigenvalue weighted by Crippen LogP contribution is -2.51. The molecule has 1 aromatic heterocycles. The molecule has 1 amide bonds. The number of ether oxygens (including phenoxy) is 1. The number of amides is 1. The van der Waals surface area contributed by atoms with E-state index in [1.807, 2.05) is 20.8 Å². The number of aromatic nitrogens is 3. The number of anilines is 1. The molecule has 13 heteroatoms. The van der Waals surface area contributed by atoms with E-state index >= 15 is 0 Å². The molecule has 2 fully saturated rings. The van der Waals surface area contributed by atoms with Gasteiger partial charge in [0.25, 0.3) is 0 Å². The van der Waals surface area contributed by atoms with Crippen molar-refractivity contribution < 1.29 is 35.9 Å². The molecule has 1 aliphatic carbocycles. The number of halogens is 6. The summed E-state index contributed by atoms with van der Waals surface area (Å²) in [7, 11) is 0. The molecule has 4 atom stereocenters. The zero-order valence-corrected chi connectivity index (χ0v) is 21.9. The summed E-state index contributed by atoms with van der Waals surface area (Å²) in [5.41, 5.74) is -3.35. The van der Waals surface area contributed by atoms with Crippen molar-refractivity contribution in [2.75, 3.05) is 18.4 Å². The van der Waals surface area contributed by atoms with Crippen molar-refractivity contribution in [3.63, 3.8) is 0 Å². The van der Waals surface area contributed by atoms with Crippen LogP contribution in [0.2, 0.25) is 0 Å². The van der Waals surface area contributed by atoms with Crippen LogP contribution in [0, 0.1) is 11.8 Å². The van der Waals surface area contributed by atoms with Crippen molar-refractivity contribution in [1.29, 1.82) is 0 Å². The molecule has 2 bridgehead atoms. The van der Waals surface area contributed by atoms with E-state index in [-0.39, 0.29) is 35.6 Å². The number of rotatable bonds is 3. The fourth-order valence-corrected chi connectivity index (χ4v) is 5.99. The van der Waals surface area contributed by atoms with Crippen molar-refractivity contribution in [3.8, 4) is 0 Å². The zero-order chi connectivity index (χ0) is 28.3. The van der Waals surface area contributed by atoms with E-state index in [4.69, 9.17) is 4.74 Å². The van der Waals surface area contributed by atoms with E-state index in [9.17, 15) is 31.1 Å². The highest BCUT2D eigenvalue weighted by Gasteiger charge is 2.45. The predicted octanol–water partition coefficient (Wildman–Crippen LogP) is 6.30. The Morgan fingerprint density at radius 1 is 0.949 bits per heavy atom. The molecule has 5 rings (SSSR count). The normalized spacial score (nSPS) is 25.4. The van der Waals surface area contributed by atoms with Crippen LogP contribution >= 0.6 is 0 Å². The maximum absolute atomic E-state index is 13.5. The molecule has 2 unspecified atom stereocenters. The average Bonchev–Trinajstić information content (AvgIpc) is 3.32. The predicted molar refractivity (Wildman–Crippen MR) is 129 cm³/mol. The van der Waals surface area contributed by atoms with E-state index in [1.54, 1.807) is 9.58 Å². The third kappa shape index (κ3) is 5.81. The van der Waals surface area contributed by atoms with Gasteiger partial charge in [0.1, 0.15) is 11.4 Å². The highest BCUT2D eigenvalue weighted by molar-refractivity contribution is 5.68. The van der Waals surface area contributed by atoms with Gasteiger partial charge in [-0.2, -0.15) is 31.3 Å². The van der Waals surface area contributed by atoms with E-state index in [0.717, 1.165) is 25.0 Å². The number of carbonyl (C=O) groups excluding carboxylic acids is 1. The Morgan fingerprint density at radius 3 is 2.08 bits per heavy atom. The Labute approximate surface area is 221 Å². The van der Waals surface area contributed by atoms with Crippen LogP contribution in [0.15, 0.2) is 18.2 Å². The third-order valence-corrected chi connectivity index (χ3v) is 7.67. The molecule has 1 saturated heterocycles. The summed E-state index contributed by atoms with van der Waals surface area (Å²) in [6.07, 6.45) is -7.48. The van der Waals surface area contributed by atoms with Gasteiger partial charge < -0.3 is 15.0 Å². The summed E-state index contributed by atoms with van der Waals surface area (Å²) < 4.78 is 87.8. The molecular formula is C26H31F6N5O2.